The molecule has 15 aromatic rings. The zero-order chi connectivity index (χ0) is 45.9. The van der Waals surface area contributed by atoms with Crippen LogP contribution in [0.15, 0.2) is 255 Å². The summed E-state index contributed by atoms with van der Waals surface area (Å²) in [7, 11) is 0. The van der Waals surface area contributed by atoms with Crippen LogP contribution in [-0.4, -0.2) is 18.3 Å². The molecule has 0 aliphatic carbocycles. The van der Waals surface area contributed by atoms with Crippen molar-refractivity contribution in [2.75, 3.05) is 0 Å². The molecule has 0 aliphatic rings. The van der Waals surface area contributed by atoms with Crippen molar-refractivity contribution >= 4 is 87.2 Å². The van der Waals surface area contributed by atoms with Crippen LogP contribution in [0.25, 0.3) is 132 Å². The molecule has 0 saturated heterocycles. The van der Waals surface area contributed by atoms with Gasteiger partial charge in [0.05, 0.1) is 44.1 Å². The zero-order valence-electron chi connectivity index (χ0n) is 38.0. The topological polar surface area (TPSA) is 19.7 Å². The van der Waals surface area contributed by atoms with Crippen LogP contribution in [0.5, 0.6) is 0 Å². The number of nitrogens with zero attached hydrogens (tertiary/aromatic N) is 4. The van der Waals surface area contributed by atoms with E-state index in [4.69, 9.17) is 0 Å². The Bertz CT molecular complexity index is 4290. The maximum Gasteiger partial charge on any atom is 0.0541 e. The van der Waals surface area contributed by atoms with E-state index in [1.54, 1.807) is 0 Å². The van der Waals surface area contributed by atoms with E-state index in [-0.39, 0.29) is 0 Å². The van der Waals surface area contributed by atoms with Crippen molar-refractivity contribution in [2.45, 2.75) is 0 Å². The minimum absolute atomic E-state index is 1.12. The highest BCUT2D eigenvalue weighted by atomic mass is 15.0. The van der Waals surface area contributed by atoms with Gasteiger partial charge in [0.25, 0.3) is 0 Å². The Morgan fingerprint density at radius 1 is 0.157 bits per heavy atom. The number of hydrogen-bond donors (Lipinski definition) is 0. The lowest BCUT2D eigenvalue weighted by Crippen LogP contribution is -1.98. The summed E-state index contributed by atoms with van der Waals surface area (Å²) >= 11 is 0. The predicted molar refractivity (Wildman–Crippen MR) is 295 cm³/mol. The van der Waals surface area contributed by atoms with Crippen LogP contribution in [0.1, 0.15) is 0 Å². The summed E-state index contributed by atoms with van der Waals surface area (Å²) in [4.78, 5) is 0. The second kappa shape index (κ2) is 15.1. The molecule has 0 fully saturated rings. The largest absolute Gasteiger partial charge is 0.309 e. The van der Waals surface area contributed by atoms with E-state index < -0.39 is 0 Å². The van der Waals surface area contributed by atoms with Gasteiger partial charge in [0, 0.05) is 65.8 Å². The lowest BCUT2D eigenvalue weighted by atomic mass is 10.0. The van der Waals surface area contributed by atoms with Crippen molar-refractivity contribution in [3.05, 3.63) is 255 Å². The summed E-state index contributed by atoms with van der Waals surface area (Å²) in [6, 6.07) is 93.5. The first kappa shape index (κ1) is 38.7. The number of hydrogen-bond acceptors (Lipinski definition) is 0. The van der Waals surface area contributed by atoms with Gasteiger partial charge in [-0.3, -0.25) is 0 Å². The summed E-state index contributed by atoms with van der Waals surface area (Å²) in [5, 5.41) is 9.95. The Hall–Kier alpha value is -9.38. The fourth-order valence-corrected chi connectivity index (χ4v) is 11.6. The Labute approximate surface area is 403 Å². The first-order chi connectivity index (χ1) is 34.7. The van der Waals surface area contributed by atoms with Gasteiger partial charge in [-0.25, -0.2) is 0 Å². The van der Waals surface area contributed by atoms with E-state index in [0.717, 1.165) is 11.4 Å². The van der Waals surface area contributed by atoms with Gasteiger partial charge in [0.15, 0.2) is 0 Å². The third kappa shape index (κ3) is 5.71. The maximum absolute atomic E-state index is 2.44. The van der Waals surface area contributed by atoms with Crippen LogP contribution < -0.4 is 0 Å². The molecule has 0 spiro atoms. The smallest absolute Gasteiger partial charge is 0.0541 e. The second-order valence-corrected chi connectivity index (χ2v) is 18.5. The van der Waals surface area contributed by atoms with Crippen molar-refractivity contribution in [2.24, 2.45) is 0 Å². The molecule has 15 rings (SSSR count). The van der Waals surface area contributed by atoms with Crippen molar-refractivity contribution in [1.29, 1.82) is 0 Å². The van der Waals surface area contributed by atoms with Gasteiger partial charge < -0.3 is 18.3 Å². The number of fused-ring (bicyclic) bond motifs is 12. The first-order valence-electron chi connectivity index (χ1n) is 24.1. The molecule has 0 amide bonds. The van der Waals surface area contributed by atoms with Crippen LogP contribution in [-0.2, 0) is 0 Å². The van der Waals surface area contributed by atoms with Crippen molar-refractivity contribution in [3.8, 4) is 45.0 Å². The molecule has 4 nitrogen and oxygen atoms in total. The Morgan fingerprint density at radius 2 is 0.400 bits per heavy atom. The summed E-state index contributed by atoms with van der Waals surface area (Å²) in [5.41, 5.74) is 19.0. The molecule has 0 radical (unpaired) electrons. The molecule has 70 heavy (non-hydrogen) atoms. The van der Waals surface area contributed by atoms with E-state index in [9.17, 15) is 0 Å². The molecule has 4 aromatic heterocycles. The number of para-hydroxylation sites is 6. The minimum atomic E-state index is 1.12. The van der Waals surface area contributed by atoms with Crippen LogP contribution in [0, 0.1) is 0 Å². The highest BCUT2D eigenvalue weighted by Crippen LogP contribution is 2.41. The lowest BCUT2D eigenvalue weighted by molar-refractivity contribution is 1.13. The molecule has 11 aromatic carbocycles. The molecule has 0 atom stereocenters. The monoisotopic (exact) mass is 890 g/mol. The Balaban J connectivity index is 0.844. The molecule has 0 saturated carbocycles. The molecule has 4 heteroatoms. The molecule has 0 bridgehead atoms. The normalized spacial score (nSPS) is 12.0. The van der Waals surface area contributed by atoms with E-state index in [2.05, 4.69) is 273 Å². The summed E-state index contributed by atoms with van der Waals surface area (Å²) in [6.07, 6.45) is 0. The minimum Gasteiger partial charge on any atom is -0.309 e. The molecule has 0 unspecified atom stereocenters. The van der Waals surface area contributed by atoms with Gasteiger partial charge in [-0.05, 0) is 138 Å². The number of rotatable bonds is 6. The summed E-state index contributed by atoms with van der Waals surface area (Å²) < 4.78 is 9.63. The number of aromatic nitrogens is 4. The van der Waals surface area contributed by atoms with Crippen molar-refractivity contribution in [1.82, 2.24) is 18.3 Å². The molecule has 4 heterocycles. The molecular weight excluding hydrogens is 849 g/mol. The fraction of sp³-hybridized carbons (Fsp3) is 0. The Morgan fingerprint density at radius 3 is 0.714 bits per heavy atom. The fourth-order valence-electron chi connectivity index (χ4n) is 11.6. The second-order valence-electron chi connectivity index (χ2n) is 18.5. The van der Waals surface area contributed by atoms with Gasteiger partial charge in [0.1, 0.15) is 0 Å². The number of benzene rings is 11. The highest BCUT2D eigenvalue weighted by molar-refractivity contribution is 6.15. The maximum atomic E-state index is 2.44. The lowest BCUT2D eigenvalue weighted by Gasteiger charge is -2.13. The van der Waals surface area contributed by atoms with Crippen molar-refractivity contribution < 1.29 is 0 Å². The molecule has 326 valence electrons. The third-order valence-electron chi connectivity index (χ3n) is 14.7. The SMILES string of the molecule is c1ccc(-n2c3ccccc3c3cc(-c4ccc5c(c4)c4ccccc4n5-c4cccc(-n5c6ccccc6c6cc(-c7ccc8c(c7)c7ccccc7n8-c7ccccc7)ccc65)c4)ccc32)cc1. The van der Waals surface area contributed by atoms with Gasteiger partial charge >= 0.3 is 0 Å². The quantitative estimate of drug-likeness (QED) is 0.158. The van der Waals surface area contributed by atoms with Gasteiger partial charge in [-0.15, -0.1) is 0 Å². The van der Waals surface area contributed by atoms with Crippen LogP contribution in [0.4, 0.5) is 0 Å². The van der Waals surface area contributed by atoms with E-state index in [1.807, 2.05) is 0 Å². The van der Waals surface area contributed by atoms with Gasteiger partial charge in [-0.1, -0.05) is 140 Å². The predicted octanol–water partition coefficient (Wildman–Crippen LogP) is 17.4. The van der Waals surface area contributed by atoms with E-state index in [0.29, 0.717) is 0 Å². The van der Waals surface area contributed by atoms with Crippen LogP contribution >= 0.6 is 0 Å². The highest BCUT2D eigenvalue weighted by Gasteiger charge is 2.19. The third-order valence-corrected chi connectivity index (χ3v) is 14.7. The van der Waals surface area contributed by atoms with Gasteiger partial charge in [-0.2, -0.15) is 0 Å². The van der Waals surface area contributed by atoms with Crippen LogP contribution in [0.2, 0.25) is 0 Å². The standard InChI is InChI=1S/C66H42N4/c1-3-16-47(17-4-1)67-59-26-11-7-22-51(59)55-38-43(30-34-63(55)67)45-32-36-65-57(40-45)53-24-9-13-28-61(53)69(65)49-20-15-21-50(42-49)70-62-29-14-10-25-54(62)58-41-46(33-37-66(58)70)44-31-35-64-56(39-44)52-23-8-12-27-60(52)68(64)48-18-5-2-6-19-48/h1-42H. The first-order valence-corrected chi connectivity index (χ1v) is 24.1. The average Bonchev–Trinajstić information content (AvgIpc) is 4.16. The van der Waals surface area contributed by atoms with Gasteiger partial charge in [0.2, 0.25) is 0 Å². The van der Waals surface area contributed by atoms with Crippen molar-refractivity contribution in [3.63, 3.8) is 0 Å². The van der Waals surface area contributed by atoms with E-state index >= 15 is 0 Å². The molecule has 0 N–H and O–H groups in total. The summed E-state index contributed by atoms with van der Waals surface area (Å²) in [5.74, 6) is 0. The summed E-state index contributed by atoms with van der Waals surface area (Å²) in [6.45, 7) is 0. The van der Waals surface area contributed by atoms with E-state index in [1.165, 1.54) is 121 Å². The Kier molecular flexibility index (Phi) is 8.33. The van der Waals surface area contributed by atoms with Crippen LogP contribution in [0.3, 0.4) is 0 Å². The zero-order valence-corrected chi connectivity index (χ0v) is 38.0. The average molecular weight is 891 g/mol. The molecule has 0 aliphatic heterocycles. The molecular formula is C66H42N4.